The van der Waals surface area contributed by atoms with Crippen molar-refractivity contribution >= 4 is 5.97 Å². The van der Waals surface area contributed by atoms with Crippen molar-refractivity contribution < 1.29 is 9.90 Å². The van der Waals surface area contributed by atoms with Gasteiger partial charge in [0.05, 0.1) is 6.07 Å². The molecule has 4 nitrogen and oxygen atoms in total. The van der Waals surface area contributed by atoms with Crippen molar-refractivity contribution in [1.82, 2.24) is 5.32 Å². The summed E-state index contributed by atoms with van der Waals surface area (Å²) >= 11 is 0. The summed E-state index contributed by atoms with van der Waals surface area (Å²) in [5.74, 6) is -0.498. The second kappa shape index (κ2) is 6.44. The molecule has 74 valence electrons. The molecule has 0 saturated heterocycles. The lowest BCUT2D eigenvalue weighted by Gasteiger charge is -2.15. The first-order valence-electron chi connectivity index (χ1n) is 4.41. The molecule has 0 fully saturated rings. The summed E-state index contributed by atoms with van der Waals surface area (Å²) in [5, 5.41) is 19.9. The highest BCUT2D eigenvalue weighted by Crippen LogP contribution is 2.04. The van der Waals surface area contributed by atoms with E-state index in [1.807, 2.05) is 19.9 Å². The van der Waals surface area contributed by atoms with Crippen molar-refractivity contribution in [3.63, 3.8) is 0 Å². The summed E-state index contributed by atoms with van der Waals surface area (Å²) in [6.07, 6.45) is 0.947. The third kappa shape index (κ3) is 6.12. The molecule has 1 atom stereocenters. The fraction of sp³-hybridized carbons (Fsp3) is 0.778. The Morgan fingerprint density at radius 3 is 2.62 bits per heavy atom. The molecule has 0 aromatic carbocycles. The maximum atomic E-state index is 10.7. The van der Waals surface area contributed by atoms with Crippen LogP contribution in [0.25, 0.3) is 0 Å². The number of hydrogen-bond donors (Lipinski definition) is 2. The number of aliphatic carboxylic acids is 1. The lowest BCUT2D eigenvalue weighted by molar-refractivity contribution is -0.139. The molecule has 0 heterocycles. The quantitative estimate of drug-likeness (QED) is 0.604. The van der Waals surface area contributed by atoms with Crippen LogP contribution >= 0.6 is 0 Å². The molecular formula is C9H16N2O2. The third-order valence-electron chi connectivity index (χ3n) is 1.63. The summed E-state index contributed by atoms with van der Waals surface area (Å²) in [7, 11) is 0. The molecule has 0 aromatic heterocycles. The Labute approximate surface area is 78.6 Å². The van der Waals surface area contributed by atoms with Crippen LogP contribution in [-0.4, -0.2) is 23.7 Å². The molecule has 13 heavy (non-hydrogen) atoms. The Morgan fingerprint density at radius 2 is 2.23 bits per heavy atom. The van der Waals surface area contributed by atoms with Gasteiger partial charge in [-0.25, -0.2) is 0 Å². The fourth-order valence-electron chi connectivity index (χ4n) is 1.05. The fourth-order valence-corrected chi connectivity index (χ4v) is 1.05. The zero-order chi connectivity index (χ0) is 10.3. The standard InChI is InChI=1S/C9H16N2O2/c1-7(2)6-8(9(12)13)11-5-3-4-10/h7-8,11H,3,5-6H2,1-2H3,(H,12,13)/t8-/m0/s1. The highest BCUT2D eigenvalue weighted by Gasteiger charge is 2.17. The average Bonchev–Trinajstić information content (AvgIpc) is 2.02. The highest BCUT2D eigenvalue weighted by atomic mass is 16.4. The van der Waals surface area contributed by atoms with Gasteiger partial charge in [0.2, 0.25) is 0 Å². The Morgan fingerprint density at radius 1 is 1.62 bits per heavy atom. The number of carboxylic acid groups (broad SMARTS) is 1. The first kappa shape index (κ1) is 11.9. The summed E-state index contributed by atoms with van der Waals surface area (Å²) in [4.78, 5) is 10.7. The van der Waals surface area contributed by atoms with Gasteiger partial charge >= 0.3 is 5.97 Å². The molecule has 0 saturated carbocycles. The van der Waals surface area contributed by atoms with E-state index in [0.717, 1.165) is 0 Å². The summed E-state index contributed by atoms with van der Waals surface area (Å²) in [5.41, 5.74) is 0. The monoisotopic (exact) mass is 184 g/mol. The lowest BCUT2D eigenvalue weighted by atomic mass is 10.0. The first-order chi connectivity index (χ1) is 6.07. The molecule has 0 radical (unpaired) electrons. The molecule has 0 bridgehead atoms. The van der Waals surface area contributed by atoms with Crippen LogP contribution in [0.15, 0.2) is 0 Å². The van der Waals surface area contributed by atoms with Gasteiger partial charge in [-0.15, -0.1) is 0 Å². The molecule has 0 spiro atoms. The maximum absolute atomic E-state index is 10.7. The van der Waals surface area contributed by atoms with Gasteiger partial charge < -0.3 is 10.4 Å². The minimum atomic E-state index is -0.841. The molecule has 0 aliphatic rings. The van der Waals surface area contributed by atoms with E-state index in [0.29, 0.717) is 25.3 Å². The van der Waals surface area contributed by atoms with E-state index in [1.165, 1.54) is 0 Å². The summed E-state index contributed by atoms with van der Waals surface area (Å²) in [6.45, 7) is 4.39. The number of rotatable bonds is 6. The van der Waals surface area contributed by atoms with E-state index in [4.69, 9.17) is 10.4 Å². The molecule has 0 aliphatic carbocycles. The molecule has 0 amide bonds. The second-order valence-electron chi connectivity index (χ2n) is 3.38. The van der Waals surface area contributed by atoms with Gasteiger partial charge in [0.25, 0.3) is 0 Å². The number of nitrogens with zero attached hydrogens (tertiary/aromatic N) is 1. The van der Waals surface area contributed by atoms with Crippen molar-refractivity contribution in [2.45, 2.75) is 32.7 Å². The van der Waals surface area contributed by atoms with Crippen LogP contribution in [0.4, 0.5) is 0 Å². The van der Waals surface area contributed by atoms with Crippen LogP contribution in [0, 0.1) is 17.2 Å². The molecule has 0 rings (SSSR count). The topological polar surface area (TPSA) is 73.1 Å². The molecule has 0 aliphatic heterocycles. The second-order valence-corrected chi connectivity index (χ2v) is 3.38. The smallest absolute Gasteiger partial charge is 0.320 e. The highest BCUT2D eigenvalue weighted by molar-refractivity contribution is 5.73. The van der Waals surface area contributed by atoms with Gasteiger partial charge in [0.1, 0.15) is 6.04 Å². The van der Waals surface area contributed by atoms with Crippen molar-refractivity contribution in [1.29, 1.82) is 5.26 Å². The van der Waals surface area contributed by atoms with Gasteiger partial charge in [-0.2, -0.15) is 5.26 Å². The average molecular weight is 184 g/mol. The Kier molecular flexibility index (Phi) is 5.90. The zero-order valence-electron chi connectivity index (χ0n) is 8.08. The summed E-state index contributed by atoms with van der Waals surface area (Å²) < 4.78 is 0. The third-order valence-corrected chi connectivity index (χ3v) is 1.63. The number of carboxylic acids is 1. The van der Waals surface area contributed by atoms with Gasteiger partial charge in [0.15, 0.2) is 0 Å². The minimum absolute atomic E-state index is 0.343. The first-order valence-corrected chi connectivity index (χ1v) is 4.41. The van der Waals surface area contributed by atoms with Gasteiger partial charge in [-0.1, -0.05) is 13.8 Å². The molecular weight excluding hydrogens is 168 g/mol. The van der Waals surface area contributed by atoms with E-state index < -0.39 is 12.0 Å². The van der Waals surface area contributed by atoms with E-state index in [-0.39, 0.29) is 0 Å². The normalized spacial score (nSPS) is 12.5. The van der Waals surface area contributed by atoms with Crippen molar-refractivity contribution in [2.75, 3.05) is 6.54 Å². The largest absolute Gasteiger partial charge is 0.480 e. The predicted octanol–water partition coefficient (Wildman–Crippen LogP) is 0.989. The van der Waals surface area contributed by atoms with E-state index in [9.17, 15) is 4.79 Å². The molecule has 4 heteroatoms. The Balaban J connectivity index is 3.82. The zero-order valence-corrected chi connectivity index (χ0v) is 8.08. The number of nitriles is 1. The lowest BCUT2D eigenvalue weighted by Crippen LogP contribution is -2.38. The summed E-state index contributed by atoms with van der Waals surface area (Å²) in [6, 6.07) is 1.44. The van der Waals surface area contributed by atoms with Gasteiger partial charge in [-0.05, 0) is 12.3 Å². The van der Waals surface area contributed by atoms with Crippen molar-refractivity contribution in [3.05, 3.63) is 0 Å². The van der Waals surface area contributed by atoms with E-state index >= 15 is 0 Å². The molecule has 0 unspecified atom stereocenters. The van der Waals surface area contributed by atoms with Crippen LogP contribution < -0.4 is 5.32 Å². The number of nitrogens with one attached hydrogen (secondary N) is 1. The minimum Gasteiger partial charge on any atom is -0.480 e. The number of hydrogen-bond acceptors (Lipinski definition) is 3. The maximum Gasteiger partial charge on any atom is 0.320 e. The SMILES string of the molecule is CC(C)C[C@H](NCCC#N)C(=O)O. The van der Waals surface area contributed by atoms with Crippen LogP contribution in [0.5, 0.6) is 0 Å². The molecule has 0 aromatic rings. The van der Waals surface area contributed by atoms with E-state index in [2.05, 4.69) is 5.32 Å². The predicted molar refractivity (Wildman–Crippen MR) is 49.1 cm³/mol. The van der Waals surface area contributed by atoms with Crippen LogP contribution in [0.2, 0.25) is 0 Å². The molecule has 2 N–H and O–H groups in total. The van der Waals surface area contributed by atoms with Gasteiger partial charge in [0, 0.05) is 13.0 Å². The Bertz CT molecular complexity index is 196. The van der Waals surface area contributed by atoms with Crippen LogP contribution in [0.3, 0.4) is 0 Å². The van der Waals surface area contributed by atoms with Crippen molar-refractivity contribution in [2.24, 2.45) is 5.92 Å². The van der Waals surface area contributed by atoms with Crippen LogP contribution in [-0.2, 0) is 4.79 Å². The number of carbonyl (C=O) groups is 1. The van der Waals surface area contributed by atoms with E-state index in [1.54, 1.807) is 0 Å². The Hall–Kier alpha value is -1.08. The van der Waals surface area contributed by atoms with Gasteiger partial charge in [-0.3, -0.25) is 4.79 Å². The van der Waals surface area contributed by atoms with Crippen molar-refractivity contribution in [3.8, 4) is 6.07 Å². The van der Waals surface area contributed by atoms with Crippen LogP contribution in [0.1, 0.15) is 26.7 Å².